The predicted octanol–water partition coefficient (Wildman–Crippen LogP) is 0.651. The topological polar surface area (TPSA) is 83.6 Å². The summed E-state index contributed by atoms with van der Waals surface area (Å²) in [6.45, 7) is 0.600. The molecule has 0 fully saturated rings. The Labute approximate surface area is 109 Å². The monoisotopic (exact) mass is 263 g/mol. The Morgan fingerprint density at radius 2 is 2.39 bits per heavy atom. The molecular formula is C11H13N5OS. The molecule has 2 N–H and O–H groups in total. The Kier molecular flexibility index (Phi) is 4.71. The number of thioether (sulfide) groups is 1. The molecule has 0 aliphatic heterocycles. The summed E-state index contributed by atoms with van der Waals surface area (Å²) in [6, 6.07) is 5.54. The molecule has 2 heterocycles. The van der Waals surface area contributed by atoms with Crippen molar-refractivity contribution in [2.45, 2.75) is 11.4 Å². The van der Waals surface area contributed by atoms with Crippen LogP contribution in [0.3, 0.4) is 0 Å². The van der Waals surface area contributed by atoms with Crippen molar-refractivity contribution in [1.82, 2.24) is 25.7 Å². The Bertz CT molecular complexity index is 473. The number of pyridine rings is 1. The van der Waals surface area contributed by atoms with Crippen LogP contribution in [0.25, 0.3) is 0 Å². The van der Waals surface area contributed by atoms with E-state index in [1.54, 1.807) is 24.2 Å². The zero-order valence-corrected chi connectivity index (χ0v) is 10.5. The van der Waals surface area contributed by atoms with E-state index in [9.17, 15) is 4.79 Å². The minimum atomic E-state index is -0.0190. The first kappa shape index (κ1) is 12.6. The molecule has 0 bridgehead atoms. The van der Waals surface area contributed by atoms with Gasteiger partial charge in [-0.1, -0.05) is 6.07 Å². The maximum atomic E-state index is 11.6. The summed E-state index contributed by atoms with van der Waals surface area (Å²) in [6.07, 6.45) is 3.65. The van der Waals surface area contributed by atoms with Crippen molar-refractivity contribution in [3.8, 4) is 0 Å². The van der Waals surface area contributed by atoms with Gasteiger partial charge in [-0.15, -0.1) is 16.9 Å². The van der Waals surface area contributed by atoms with E-state index < -0.39 is 0 Å². The molecule has 18 heavy (non-hydrogen) atoms. The molecule has 2 aromatic rings. The number of nitrogens with zero attached hydrogens (tertiary/aromatic N) is 3. The molecule has 6 nitrogen and oxygen atoms in total. The first-order chi connectivity index (χ1) is 8.84. The number of aromatic amines is 1. The number of amides is 1. The smallest absolute Gasteiger partial charge is 0.226 e. The van der Waals surface area contributed by atoms with Crippen LogP contribution in [-0.4, -0.2) is 38.6 Å². The van der Waals surface area contributed by atoms with Crippen molar-refractivity contribution in [3.63, 3.8) is 0 Å². The zero-order valence-electron chi connectivity index (χ0n) is 9.67. The summed E-state index contributed by atoms with van der Waals surface area (Å²) in [5.74, 6) is 0.745. The van der Waals surface area contributed by atoms with Crippen molar-refractivity contribution in [1.29, 1.82) is 0 Å². The Balaban J connectivity index is 1.63. The highest BCUT2D eigenvalue weighted by molar-refractivity contribution is 7.99. The molecule has 2 aromatic heterocycles. The predicted molar refractivity (Wildman–Crippen MR) is 68.1 cm³/mol. The van der Waals surface area contributed by atoms with E-state index >= 15 is 0 Å². The quantitative estimate of drug-likeness (QED) is 0.590. The van der Waals surface area contributed by atoms with Gasteiger partial charge in [0.1, 0.15) is 5.03 Å². The van der Waals surface area contributed by atoms with Crippen molar-refractivity contribution in [2.75, 3.05) is 12.3 Å². The average molecular weight is 263 g/mol. The van der Waals surface area contributed by atoms with Crippen LogP contribution in [0.1, 0.15) is 5.69 Å². The minimum absolute atomic E-state index is 0.0190. The van der Waals surface area contributed by atoms with E-state index in [2.05, 4.69) is 25.7 Å². The summed E-state index contributed by atoms with van der Waals surface area (Å²) < 4.78 is 0. The average Bonchev–Trinajstić information content (AvgIpc) is 2.89. The van der Waals surface area contributed by atoms with E-state index in [1.165, 1.54) is 0 Å². The fourth-order valence-electron chi connectivity index (χ4n) is 1.34. The second-order valence-electron chi connectivity index (χ2n) is 3.50. The van der Waals surface area contributed by atoms with Gasteiger partial charge in [-0.3, -0.25) is 9.78 Å². The lowest BCUT2D eigenvalue weighted by Crippen LogP contribution is -2.27. The van der Waals surface area contributed by atoms with E-state index in [1.807, 2.05) is 18.2 Å². The number of hydrogen-bond acceptors (Lipinski definition) is 5. The Hall–Kier alpha value is -1.89. The van der Waals surface area contributed by atoms with Gasteiger partial charge in [0.2, 0.25) is 5.91 Å². The largest absolute Gasteiger partial charge is 0.355 e. The van der Waals surface area contributed by atoms with E-state index in [4.69, 9.17) is 0 Å². The molecule has 0 unspecified atom stereocenters. The number of rotatable bonds is 6. The van der Waals surface area contributed by atoms with Gasteiger partial charge in [0.05, 0.1) is 12.6 Å². The van der Waals surface area contributed by atoms with Crippen LogP contribution in [0.4, 0.5) is 0 Å². The molecule has 0 aliphatic carbocycles. The Morgan fingerprint density at radius 1 is 1.44 bits per heavy atom. The third-order valence-electron chi connectivity index (χ3n) is 2.13. The number of H-pyrrole nitrogens is 1. The molecule has 0 spiro atoms. The standard InChI is InChI=1S/C11H13N5OS/c17-10(7-9-3-1-2-4-12-9)13-5-6-18-11-8-14-16-15-11/h1-4,8H,5-7H2,(H,13,17)(H,14,15,16). The molecule has 0 saturated heterocycles. The van der Waals surface area contributed by atoms with Gasteiger partial charge in [0, 0.05) is 24.2 Å². The summed E-state index contributed by atoms with van der Waals surface area (Å²) in [7, 11) is 0. The lowest BCUT2D eigenvalue weighted by Gasteiger charge is -2.03. The number of carbonyl (C=O) groups excluding carboxylic acids is 1. The van der Waals surface area contributed by atoms with Gasteiger partial charge in [-0.2, -0.15) is 10.3 Å². The van der Waals surface area contributed by atoms with Crippen LogP contribution in [0, 0.1) is 0 Å². The van der Waals surface area contributed by atoms with Gasteiger partial charge >= 0.3 is 0 Å². The van der Waals surface area contributed by atoms with Crippen LogP contribution < -0.4 is 5.32 Å². The molecule has 1 amide bonds. The lowest BCUT2D eigenvalue weighted by atomic mass is 10.2. The van der Waals surface area contributed by atoms with Crippen molar-refractivity contribution in [3.05, 3.63) is 36.3 Å². The van der Waals surface area contributed by atoms with Gasteiger partial charge in [0.25, 0.3) is 0 Å². The summed E-state index contributed by atoms with van der Waals surface area (Å²) in [4.78, 5) is 15.7. The molecule has 0 saturated carbocycles. The van der Waals surface area contributed by atoms with Gasteiger partial charge in [-0.05, 0) is 12.1 Å². The second kappa shape index (κ2) is 6.75. The van der Waals surface area contributed by atoms with Crippen LogP contribution in [0.5, 0.6) is 0 Å². The second-order valence-corrected chi connectivity index (χ2v) is 4.62. The van der Waals surface area contributed by atoms with E-state index in [0.717, 1.165) is 16.5 Å². The van der Waals surface area contributed by atoms with Gasteiger partial charge < -0.3 is 5.32 Å². The molecular weight excluding hydrogens is 250 g/mol. The van der Waals surface area contributed by atoms with Crippen LogP contribution in [0.15, 0.2) is 35.6 Å². The van der Waals surface area contributed by atoms with E-state index in [-0.39, 0.29) is 5.91 Å². The fraction of sp³-hybridized carbons (Fsp3) is 0.273. The highest BCUT2D eigenvalue weighted by Gasteiger charge is 2.03. The molecule has 0 aromatic carbocycles. The zero-order chi connectivity index (χ0) is 12.6. The highest BCUT2D eigenvalue weighted by Crippen LogP contribution is 2.10. The maximum absolute atomic E-state index is 11.6. The number of carbonyl (C=O) groups is 1. The number of hydrogen-bond donors (Lipinski definition) is 2. The first-order valence-electron chi connectivity index (χ1n) is 5.50. The van der Waals surface area contributed by atoms with Gasteiger partial charge in [0.15, 0.2) is 0 Å². The summed E-state index contributed by atoms with van der Waals surface area (Å²) in [5.41, 5.74) is 0.777. The van der Waals surface area contributed by atoms with E-state index in [0.29, 0.717) is 13.0 Å². The lowest BCUT2D eigenvalue weighted by molar-refractivity contribution is -0.120. The van der Waals surface area contributed by atoms with Crippen molar-refractivity contribution >= 4 is 17.7 Å². The number of nitrogens with one attached hydrogen (secondary N) is 2. The molecule has 2 rings (SSSR count). The fourth-order valence-corrected chi connectivity index (χ4v) is 1.98. The molecule has 0 radical (unpaired) electrons. The first-order valence-corrected chi connectivity index (χ1v) is 6.48. The SMILES string of the molecule is O=C(Cc1ccccn1)NCCSc1cn[nH]n1. The third kappa shape index (κ3) is 4.17. The van der Waals surface area contributed by atoms with Crippen molar-refractivity contribution < 1.29 is 4.79 Å². The summed E-state index contributed by atoms with van der Waals surface area (Å²) >= 11 is 1.54. The van der Waals surface area contributed by atoms with Crippen LogP contribution >= 0.6 is 11.8 Å². The van der Waals surface area contributed by atoms with Crippen molar-refractivity contribution in [2.24, 2.45) is 0 Å². The molecule has 7 heteroatoms. The molecule has 0 aliphatic rings. The third-order valence-corrected chi connectivity index (χ3v) is 3.04. The summed E-state index contributed by atoms with van der Waals surface area (Å²) in [5, 5.41) is 13.8. The number of aromatic nitrogens is 4. The highest BCUT2D eigenvalue weighted by atomic mass is 32.2. The van der Waals surface area contributed by atoms with Crippen LogP contribution in [0.2, 0.25) is 0 Å². The van der Waals surface area contributed by atoms with Gasteiger partial charge in [-0.25, -0.2) is 0 Å². The van der Waals surface area contributed by atoms with Crippen LogP contribution in [-0.2, 0) is 11.2 Å². The minimum Gasteiger partial charge on any atom is -0.355 e. The molecule has 94 valence electrons. The molecule has 0 atom stereocenters. The Morgan fingerprint density at radius 3 is 3.11 bits per heavy atom. The maximum Gasteiger partial charge on any atom is 0.226 e. The normalized spacial score (nSPS) is 10.2.